The molecule has 0 aliphatic heterocycles. The minimum Gasteiger partial charge on any atom is -0.386 e. The molecule has 0 atom stereocenters. The summed E-state index contributed by atoms with van der Waals surface area (Å²) in [4.78, 5) is 9.74. The highest BCUT2D eigenvalue weighted by atomic mass is 32.2. The molecule has 118 valence electrons. The predicted molar refractivity (Wildman–Crippen MR) is 78.9 cm³/mol. The van der Waals surface area contributed by atoms with Crippen LogP contribution < -0.4 is 0 Å². The third-order valence-electron chi connectivity index (χ3n) is 2.58. The van der Waals surface area contributed by atoms with Crippen LogP contribution in [0.25, 0.3) is 0 Å². The Balaban J connectivity index is 2.92. The number of hydrogen-bond acceptors (Lipinski definition) is 4. The van der Waals surface area contributed by atoms with Crippen LogP contribution in [-0.4, -0.2) is 29.2 Å². The van der Waals surface area contributed by atoms with E-state index in [9.17, 15) is 13.2 Å². The normalized spacial score (nSPS) is 12.9. The lowest BCUT2D eigenvalue weighted by Gasteiger charge is -2.12. The number of rotatable bonds is 6. The highest BCUT2D eigenvalue weighted by Crippen LogP contribution is 2.27. The van der Waals surface area contributed by atoms with Crippen molar-refractivity contribution in [3.05, 3.63) is 23.5 Å². The molecule has 0 radical (unpaired) electrons. The molecule has 1 heterocycles. The zero-order chi connectivity index (χ0) is 16.0. The van der Waals surface area contributed by atoms with Gasteiger partial charge in [0, 0.05) is 16.7 Å². The Labute approximate surface area is 127 Å². The number of aromatic nitrogens is 1. The van der Waals surface area contributed by atoms with E-state index >= 15 is 0 Å². The highest BCUT2D eigenvalue weighted by Gasteiger charge is 2.28. The van der Waals surface area contributed by atoms with E-state index in [2.05, 4.69) is 28.8 Å². The van der Waals surface area contributed by atoms with Gasteiger partial charge in [0.2, 0.25) is 6.61 Å². The van der Waals surface area contributed by atoms with Crippen LogP contribution in [0.5, 0.6) is 0 Å². The van der Waals surface area contributed by atoms with Gasteiger partial charge in [0.05, 0.1) is 11.4 Å². The minimum absolute atomic E-state index is 0.284. The molecule has 0 N–H and O–H groups in total. The van der Waals surface area contributed by atoms with Gasteiger partial charge >= 0.3 is 6.18 Å². The first-order chi connectivity index (χ1) is 9.74. The molecule has 0 saturated heterocycles. The van der Waals surface area contributed by atoms with Gasteiger partial charge in [-0.1, -0.05) is 25.9 Å². The molecule has 0 aromatic carbocycles. The summed E-state index contributed by atoms with van der Waals surface area (Å²) in [5.41, 5.74) is 2.02. The maximum atomic E-state index is 12.0. The molecule has 1 rings (SSSR count). The van der Waals surface area contributed by atoms with E-state index in [4.69, 9.17) is 0 Å². The predicted octanol–water partition coefficient (Wildman–Crippen LogP) is 4.62. The van der Waals surface area contributed by atoms with Crippen LogP contribution in [0.1, 0.15) is 44.9 Å². The molecule has 0 fully saturated rings. The van der Waals surface area contributed by atoms with E-state index in [-0.39, 0.29) is 5.92 Å². The van der Waals surface area contributed by atoms with E-state index in [0.717, 1.165) is 16.3 Å². The summed E-state index contributed by atoms with van der Waals surface area (Å²) in [6.45, 7) is 6.35. The largest absolute Gasteiger partial charge is 0.425 e. The summed E-state index contributed by atoms with van der Waals surface area (Å²) >= 11 is 1.65. The lowest BCUT2D eigenvalue weighted by atomic mass is 10.1. The fraction of sp³-hybridized carbons (Fsp3) is 0.571. The molecule has 0 saturated carbocycles. The number of alkyl halides is 3. The lowest BCUT2D eigenvalue weighted by molar-refractivity contribution is -0.173. The first-order valence-corrected chi connectivity index (χ1v) is 7.59. The molecular weight excluding hydrogens is 301 g/mol. The summed E-state index contributed by atoms with van der Waals surface area (Å²) in [6, 6.07) is 1.90. The van der Waals surface area contributed by atoms with Crippen LogP contribution in [0.3, 0.4) is 0 Å². The second-order valence-corrected chi connectivity index (χ2v) is 6.07. The number of oxime groups is 1. The van der Waals surface area contributed by atoms with Gasteiger partial charge < -0.3 is 4.84 Å². The molecule has 0 unspecified atom stereocenters. The molecule has 1 aromatic rings. The van der Waals surface area contributed by atoms with Crippen LogP contribution in [0, 0.1) is 0 Å². The van der Waals surface area contributed by atoms with Gasteiger partial charge in [-0.2, -0.15) is 13.2 Å². The second-order valence-electron chi connectivity index (χ2n) is 4.76. The zero-order valence-corrected chi connectivity index (χ0v) is 13.3. The maximum absolute atomic E-state index is 12.0. The number of halogens is 3. The van der Waals surface area contributed by atoms with Crippen molar-refractivity contribution in [2.45, 2.75) is 44.7 Å². The fourth-order valence-corrected chi connectivity index (χ4v) is 2.57. The Hall–Kier alpha value is -1.24. The Morgan fingerprint density at radius 3 is 2.62 bits per heavy atom. The Bertz CT molecular complexity index is 501. The topological polar surface area (TPSA) is 34.5 Å². The maximum Gasteiger partial charge on any atom is 0.425 e. The number of thioether (sulfide) groups is 1. The number of pyridine rings is 1. The van der Waals surface area contributed by atoms with Crippen molar-refractivity contribution in [3.8, 4) is 0 Å². The highest BCUT2D eigenvalue weighted by molar-refractivity contribution is 7.99. The molecule has 0 spiro atoms. The minimum atomic E-state index is -4.38. The molecule has 3 nitrogen and oxygen atoms in total. The van der Waals surface area contributed by atoms with E-state index in [0.29, 0.717) is 11.3 Å². The summed E-state index contributed by atoms with van der Waals surface area (Å²) in [5.74, 6) is 1.18. The van der Waals surface area contributed by atoms with Gasteiger partial charge in [-0.15, -0.1) is 11.8 Å². The van der Waals surface area contributed by atoms with Gasteiger partial charge in [-0.05, 0) is 24.7 Å². The van der Waals surface area contributed by atoms with Gasteiger partial charge in [-0.3, -0.25) is 4.98 Å². The number of nitrogens with zero attached hydrogens (tertiary/aromatic N) is 2. The second kappa shape index (κ2) is 7.68. The van der Waals surface area contributed by atoms with Crippen LogP contribution in [0.2, 0.25) is 0 Å². The average molecular weight is 320 g/mol. The van der Waals surface area contributed by atoms with Gasteiger partial charge in [0.1, 0.15) is 0 Å². The zero-order valence-electron chi connectivity index (χ0n) is 12.5. The SMILES string of the molecule is CCSc1cc(/C(C)=N/OCC(F)(F)F)cnc1C(C)C. The van der Waals surface area contributed by atoms with Crippen LogP contribution in [0.4, 0.5) is 13.2 Å². The quantitative estimate of drug-likeness (QED) is 0.436. The van der Waals surface area contributed by atoms with Crippen LogP contribution in [-0.2, 0) is 4.84 Å². The van der Waals surface area contributed by atoms with E-state index in [1.807, 2.05) is 13.0 Å². The Kier molecular flexibility index (Phi) is 6.51. The third kappa shape index (κ3) is 5.95. The van der Waals surface area contributed by atoms with Gasteiger partial charge in [-0.25, -0.2) is 0 Å². The van der Waals surface area contributed by atoms with Gasteiger partial charge in [0.25, 0.3) is 0 Å². The standard InChI is InChI=1S/C14H19F3N2OS/c1-5-21-12-6-11(7-18-13(12)9(2)3)10(4)19-20-8-14(15,16)17/h6-7,9H,5,8H2,1-4H3/b19-10+. The molecule has 0 aliphatic rings. The van der Waals surface area contributed by atoms with Crippen molar-refractivity contribution in [1.82, 2.24) is 4.98 Å². The summed E-state index contributed by atoms with van der Waals surface area (Å²) in [6.07, 6.45) is -2.77. The van der Waals surface area contributed by atoms with Crippen LogP contribution >= 0.6 is 11.8 Å². The molecule has 0 bridgehead atoms. The molecule has 0 amide bonds. The summed E-state index contributed by atoms with van der Waals surface area (Å²) < 4.78 is 36.0. The molecule has 7 heteroatoms. The van der Waals surface area contributed by atoms with Gasteiger partial charge in [0.15, 0.2) is 0 Å². The molecular formula is C14H19F3N2OS. The van der Waals surface area contributed by atoms with Crippen molar-refractivity contribution < 1.29 is 18.0 Å². The van der Waals surface area contributed by atoms with Crippen molar-refractivity contribution >= 4 is 17.5 Å². The van der Waals surface area contributed by atoms with E-state index in [1.165, 1.54) is 0 Å². The van der Waals surface area contributed by atoms with Crippen molar-refractivity contribution in [1.29, 1.82) is 0 Å². The van der Waals surface area contributed by atoms with E-state index < -0.39 is 12.8 Å². The Morgan fingerprint density at radius 1 is 1.43 bits per heavy atom. The van der Waals surface area contributed by atoms with Crippen molar-refractivity contribution in [3.63, 3.8) is 0 Å². The first-order valence-electron chi connectivity index (χ1n) is 6.61. The average Bonchev–Trinajstić information content (AvgIpc) is 2.37. The van der Waals surface area contributed by atoms with Crippen molar-refractivity contribution in [2.75, 3.05) is 12.4 Å². The fourth-order valence-electron chi connectivity index (χ4n) is 1.61. The molecule has 1 aromatic heterocycles. The molecule has 0 aliphatic carbocycles. The molecule has 21 heavy (non-hydrogen) atoms. The lowest BCUT2D eigenvalue weighted by Crippen LogP contribution is -2.15. The van der Waals surface area contributed by atoms with E-state index in [1.54, 1.807) is 24.9 Å². The number of hydrogen-bond donors (Lipinski definition) is 0. The summed E-state index contributed by atoms with van der Waals surface area (Å²) in [5, 5.41) is 3.50. The Morgan fingerprint density at radius 2 is 2.10 bits per heavy atom. The third-order valence-corrected chi connectivity index (χ3v) is 3.50. The summed E-state index contributed by atoms with van der Waals surface area (Å²) in [7, 11) is 0. The monoisotopic (exact) mass is 320 g/mol. The smallest absolute Gasteiger partial charge is 0.386 e. The first kappa shape index (κ1) is 17.8. The van der Waals surface area contributed by atoms with Crippen molar-refractivity contribution in [2.24, 2.45) is 5.16 Å². The van der Waals surface area contributed by atoms with Crippen LogP contribution in [0.15, 0.2) is 22.3 Å².